The van der Waals surface area contributed by atoms with E-state index in [0.29, 0.717) is 17.1 Å². The molecule has 0 aliphatic carbocycles. The minimum Gasteiger partial charge on any atom is -0.494 e. The summed E-state index contributed by atoms with van der Waals surface area (Å²) in [4.78, 5) is 28.4. The third-order valence-corrected chi connectivity index (χ3v) is 4.73. The van der Waals surface area contributed by atoms with Gasteiger partial charge in [-0.2, -0.15) is 0 Å². The number of nitrogens with one attached hydrogen (secondary N) is 2. The number of aromatic nitrogens is 1. The van der Waals surface area contributed by atoms with Crippen molar-refractivity contribution in [3.63, 3.8) is 0 Å². The standard InChI is InChI=1S/C20H23N3O3/c1-11(20(2,3)4)22-16-17(19(25)18(16)24)23-13-9-12-7-6-8-21-15(12)14(10-13)26-5/h6-11,22-23H,1-5H3. The van der Waals surface area contributed by atoms with E-state index >= 15 is 0 Å². The molecule has 1 heterocycles. The van der Waals surface area contributed by atoms with E-state index in [4.69, 9.17) is 4.74 Å². The van der Waals surface area contributed by atoms with Gasteiger partial charge in [0.2, 0.25) is 0 Å². The van der Waals surface area contributed by atoms with Gasteiger partial charge in [0.25, 0.3) is 10.9 Å². The number of hydrogen-bond acceptors (Lipinski definition) is 6. The highest BCUT2D eigenvalue weighted by Gasteiger charge is 2.27. The molecule has 0 saturated carbocycles. The summed E-state index contributed by atoms with van der Waals surface area (Å²) in [6, 6.07) is 7.42. The van der Waals surface area contributed by atoms with Gasteiger partial charge in [0.15, 0.2) is 0 Å². The third kappa shape index (κ3) is 3.14. The molecule has 2 N–H and O–H groups in total. The monoisotopic (exact) mass is 353 g/mol. The number of anilines is 3. The molecule has 6 heteroatoms. The number of pyridine rings is 1. The quantitative estimate of drug-likeness (QED) is 0.684. The average molecular weight is 353 g/mol. The van der Waals surface area contributed by atoms with Gasteiger partial charge in [-0.1, -0.05) is 26.8 Å². The van der Waals surface area contributed by atoms with Crippen LogP contribution in [0, 0.1) is 5.41 Å². The molecule has 0 fully saturated rings. The Balaban J connectivity index is 1.95. The Morgan fingerprint density at radius 1 is 1.12 bits per heavy atom. The van der Waals surface area contributed by atoms with Crippen LogP contribution < -0.4 is 26.2 Å². The van der Waals surface area contributed by atoms with Crippen molar-refractivity contribution < 1.29 is 4.74 Å². The van der Waals surface area contributed by atoms with E-state index in [1.807, 2.05) is 25.1 Å². The first-order chi connectivity index (χ1) is 12.2. The predicted molar refractivity (Wildman–Crippen MR) is 105 cm³/mol. The minimum atomic E-state index is -0.515. The summed E-state index contributed by atoms with van der Waals surface area (Å²) in [6.07, 6.45) is 1.70. The summed E-state index contributed by atoms with van der Waals surface area (Å²) in [5, 5.41) is 7.13. The topological polar surface area (TPSA) is 80.3 Å². The average Bonchev–Trinajstić information content (AvgIpc) is 2.62. The van der Waals surface area contributed by atoms with Crippen molar-refractivity contribution in [1.82, 2.24) is 4.98 Å². The Hall–Kier alpha value is -2.89. The van der Waals surface area contributed by atoms with Gasteiger partial charge >= 0.3 is 0 Å². The van der Waals surface area contributed by atoms with E-state index in [2.05, 4.69) is 36.4 Å². The molecule has 26 heavy (non-hydrogen) atoms. The highest BCUT2D eigenvalue weighted by atomic mass is 16.5. The maximum Gasteiger partial charge on any atom is 0.253 e. The Morgan fingerprint density at radius 3 is 2.46 bits per heavy atom. The van der Waals surface area contributed by atoms with Crippen LogP contribution in [0.5, 0.6) is 5.75 Å². The molecule has 136 valence electrons. The molecule has 0 amide bonds. The lowest BCUT2D eigenvalue weighted by Crippen LogP contribution is -2.41. The molecule has 0 saturated heterocycles. The zero-order chi connectivity index (χ0) is 19.1. The van der Waals surface area contributed by atoms with E-state index in [1.54, 1.807) is 19.4 Å². The van der Waals surface area contributed by atoms with Crippen LogP contribution >= 0.6 is 0 Å². The molecule has 2 aromatic carbocycles. The van der Waals surface area contributed by atoms with Crippen molar-refractivity contribution in [3.8, 4) is 5.75 Å². The third-order valence-electron chi connectivity index (χ3n) is 4.73. The van der Waals surface area contributed by atoms with E-state index in [9.17, 15) is 9.59 Å². The van der Waals surface area contributed by atoms with Crippen LogP contribution in [0.2, 0.25) is 0 Å². The highest BCUT2D eigenvalue weighted by Crippen LogP contribution is 2.31. The summed E-state index contributed by atoms with van der Waals surface area (Å²) in [5.41, 5.74) is 0.983. The largest absolute Gasteiger partial charge is 0.494 e. The lowest BCUT2D eigenvalue weighted by molar-refractivity contribution is 0.359. The second-order valence-electron chi connectivity index (χ2n) is 7.52. The molecular formula is C20H23N3O3. The Morgan fingerprint density at radius 2 is 1.81 bits per heavy atom. The maximum absolute atomic E-state index is 12.1. The molecule has 3 aromatic rings. The van der Waals surface area contributed by atoms with Crippen LogP contribution in [0.25, 0.3) is 10.9 Å². The number of fused-ring (bicyclic) bond motifs is 1. The minimum absolute atomic E-state index is 0.0293. The number of methoxy groups -OCH3 is 1. The predicted octanol–water partition coefficient (Wildman–Crippen LogP) is 3.43. The van der Waals surface area contributed by atoms with E-state index in [1.165, 1.54) is 0 Å². The fourth-order valence-electron chi connectivity index (χ4n) is 2.61. The van der Waals surface area contributed by atoms with Crippen LogP contribution in [0.4, 0.5) is 17.1 Å². The van der Waals surface area contributed by atoms with Crippen molar-refractivity contribution in [2.45, 2.75) is 33.7 Å². The number of hydrogen-bond donors (Lipinski definition) is 2. The fourth-order valence-corrected chi connectivity index (χ4v) is 2.61. The van der Waals surface area contributed by atoms with E-state index in [0.717, 1.165) is 10.9 Å². The number of ether oxygens (including phenoxy) is 1. The van der Waals surface area contributed by atoms with E-state index in [-0.39, 0.29) is 17.1 Å². The summed E-state index contributed by atoms with van der Waals surface area (Å²) in [7, 11) is 1.57. The SMILES string of the molecule is COc1cc(Nc2c(NC(C)C(C)(C)C)c(=O)c2=O)cc2cccnc12. The van der Waals surface area contributed by atoms with Crippen LogP contribution in [0.1, 0.15) is 27.7 Å². The first kappa shape index (κ1) is 17.9. The van der Waals surface area contributed by atoms with E-state index < -0.39 is 10.9 Å². The summed E-state index contributed by atoms with van der Waals surface area (Å²) < 4.78 is 5.40. The van der Waals surface area contributed by atoms with Crippen molar-refractivity contribution in [3.05, 3.63) is 50.9 Å². The molecule has 0 spiro atoms. The van der Waals surface area contributed by atoms with Crippen molar-refractivity contribution in [2.24, 2.45) is 5.41 Å². The number of rotatable bonds is 5. The molecule has 1 unspecified atom stereocenters. The zero-order valence-electron chi connectivity index (χ0n) is 15.6. The lowest BCUT2D eigenvalue weighted by atomic mass is 9.87. The molecule has 1 aromatic heterocycles. The first-order valence-electron chi connectivity index (χ1n) is 8.52. The van der Waals surface area contributed by atoms with Crippen LogP contribution in [0.15, 0.2) is 40.1 Å². The molecule has 0 bridgehead atoms. The van der Waals surface area contributed by atoms with Crippen molar-refractivity contribution in [2.75, 3.05) is 17.7 Å². The number of benzene rings is 1. The molecule has 1 atom stereocenters. The first-order valence-corrected chi connectivity index (χ1v) is 8.52. The number of nitrogens with zero attached hydrogens (tertiary/aromatic N) is 1. The van der Waals surface area contributed by atoms with Gasteiger partial charge in [-0.25, -0.2) is 0 Å². The Bertz CT molecular complexity index is 1030. The van der Waals surface area contributed by atoms with Gasteiger partial charge in [-0.15, -0.1) is 0 Å². The Labute approximate surface area is 151 Å². The molecular weight excluding hydrogens is 330 g/mol. The van der Waals surface area contributed by atoms with Gasteiger partial charge in [-0.3, -0.25) is 14.6 Å². The second-order valence-corrected chi connectivity index (χ2v) is 7.52. The molecule has 0 radical (unpaired) electrons. The maximum atomic E-state index is 12.1. The zero-order valence-corrected chi connectivity index (χ0v) is 15.6. The highest BCUT2D eigenvalue weighted by molar-refractivity contribution is 5.90. The lowest BCUT2D eigenvalue weighted by Gasteiger charge is -2.30. The molecule has 3 rings (SSSR count). The fraction of sp³-hybridized carbons (Fsp3) is 0.350. The second kappa shape index (κ2) is 6.44. The van der Waals surface area contributed by atoms with Gasteiger partial charge in [0.05, 0.1) is 7.11 Å². The summed E-state index contributed by atoms with van der Waals surface area (Å²) in [6.45, 7) is 8.21. The van der Waals surface area contributed by atoms with Gasteiger partial charge in [-0.05, 0) is 24.5 Å². The van der Waals surface area contributed by atoms with Crippen molar-refractivity contribution in [1.29, 1.82) is 0 Å². The van der Waals surface area contributed by atoms with Crippen LogP contribution in [-0.2, 0) is 0 Å². The Kier molecular flexibility index (Phi) is 4.44. The van der Waals surface area contributed by atoms with Gasteiger partial charge < -0.3 is 15.4 Å². The van der Waals surface area contributed by atoms with Gasteiger partial charge in [0, 0.05) is 29.4 Å². The molecule has 0 aliphatic rings. The summed E-state index contributed by atoms with van der Waals surface area (Å²) >= 11 is 0. The van der Waals surface area contributed by atoms with Crippen LogP contribution in [0.3, 0.4) is 0 Å². The van der Waals surface area contributed by atoms with Crippen LogP contribution in [-0.4, -0.2) is 18.1 Å². The molecule has 6 nitrogen and oxygen atoms in total. The smallest absolute Gasteiger partial charge is 0.253 e. The van der Waals surface area contributed by atoms with Crippen molar-refractivity contribution >= 4 is 28.0 Å². The summed E-state index contributed by atoms with van der Waals surface area (Å²) in [5.74, 6) is 0.599. The molecule has 0 aliphatic heterocycles. The van der Waals surface area contributed by atoms with Gasteiger partial charge in [0.1, 0.15) is 22.6 Å². The normalized spacial score (nSPS) is 13.0.